The first-order chi connectivity index (χ1) is 11.4. The Labute approximate surface area is 150 Å². The molecule has 0 bridgehead atoms. The maximum Gasteiger partial charge on any atom is 0.00920 e. The second kappa shape index (κ2) is 9.04. The van der Waals surface area contributed by atoms with E-state index in [1.54, 1.807) is 0 Å². The molecule has 2 fully saturated rings. The van der Waals surface area contributed by atoms with Crippen molar-refractivity contribution in [1.82, 2.24) is 4.90 Å². The summed E-state index contributed by atoms with van der Waals surface area (Å²) in [6.07, 6.45) is 11.7. The number of nitrogens with zero attached hydrogens (tertiary/aromatic N) is 1. The summed E-state index contributed by atoms with van der Waals surface area (Å²) in [6, 6.07) is 11.8. The van der Waals surface area contributed by atoms with Gasteiger partial charge in [0.05, 0.1) is 0 Å². The van der Waals surface area contributed by atoms with Crippen molar-refractivity contribution in [2.75, 3.05) is 14.1 Å². The smallest absolute Gasteiger partial charge is 0.00920 e. The van der Waals surface area contributed by atoms with Gasteiger partial charge in [-0.1, -0.05) is 82.7 Å². The molecule has 2 saturated carbocycles. The topological polar surface area (TPSA) is 3.24 Å². The molecule has 1 heteroatoms. The minimum Gasteiger partial charge on any atom is -0.306 e. The fourth-order valence-electron chi connectivity index (χ4n) is 4.81. The SMILES string of the molecule is C1CCCC1.C[C@H](C1CCCC1C(C)(C)c1ccccc1)N(C)C. The van der Waals surface area contributed by atoms with Crippen molar-refractivity contribution in [2.24, 2.45) is 11.8 Å². The van der Waals surface area contributed by atoms with Gasteiger partial charge in [0, 0.05) is 6.04 Å². The Balaban J connectivity index is 0.000000355. The lowest BCUT2D eigenvalue weighted by atomic mass is 9.67. The first kappa shape index (κ1) is 19.5. The molecule has 0 spiro atoms. The molecule has 136 valence electrons. The molecule has 0 N–H and O–H groups in total. The highest BCUT2D eigenvalue weighted by Crippen LogP contribution is 2.47. The Bertz CT molecular complexity index is 451. The van der Waals surface area contributed by atoms with Crippen LogP contribution >= 0.6 is 0 Å². The summed E-state index contributed by atoms with van der Waals surface area (Å²) >= 11 is 0. The molecular weight excluding hydrogens is 290 g/mol. The van der Waals surface area contributed by atoms with Gasteiger partial charge in [0.25, 0.3) is 0 Å². The maximum absolute atomic E-state index is 2.44. The quantitative estimate of drug-likeness (QED) is 0.628. The van der Waals surface area contributed by atoms with Crippen LogP contribution in [-0.4, -0.2) is 25.0 Å². The summed E-state index contributed by atoms with van der Waals surface area (Å²) < 4.78 is 0. The van der Waals surface area contributed by atoms with Crippen LogP contribution in [0, 0.1) is 11.8 Å². The zero-order valence-electron chi connectivity index (χ0n) is 16.7. The Morgan fingerprint density at radius 1 is 0.875 bits per heavy atom. The summed E-state index contributed by atoms with van der Waals surface area (Å²) in [5.74, 6) is 1.62. The molecule has 24 heavy (non-hydrogen) atoms. The van der Waals surface area contributed by atoms with Gasteiger partial charge in [0.2, 0.25) is 0 Å². The van der Waals surface area contributed by atoms with E-state index < -0.39 is 0 Å². The first-order valence-corrected chi connectivity index (χ1v) is 10.2. The van der Waals surface area contributed by atoms with Gasteiger partial charge >= 0.3 is 0 Å². The van der Waals surface area contributed by atoms with E-state index in [0.717, 1.165) is 11.8 Å². The highest BCUT2D eigenvalue weighted by atomic mass is 15.1. The van der Waals surface area contributed by atoms with Crippen LogP contribution in [0.4, 0.5) is 0 Å². The third-order valence-corrected chi connectivity index (χ3v) is 6.70. The Kier molecular flexibility index (Phi) is 7.34. The minimum absolute atomic E-state index is 0.284. The monoisotopic (exact) mass is 329 g/mol. The van der Waals surface area contributed by atoms with E-state index in [9.17, 15) is 0 Å². The fourth-order valence-corrected chi connectivity index (χ4v) is 4.81. The first-order valence-electron chi connectivity index (χ1n) is 10.2. The van der Waals surface area contributed by atoms with E-state index in [1.807, 2.05) is 0 Å². The second-order valence-electron chi connectivity index (χ2n) is 8.76. The zero-order valence-corrected chi connectivity index (χ0v) is 16.7. The van der Waals surface area contributed by atoms with E-state index in [2.05, 4.69) is 70.1 Å². The van der Waals surface area contributed by atoms with Crippen LogP contribution in [0.15, 0.2) is 30.3 Å². The zero-order chi connectivity index (χ0) is 17.6. The number of hydrogen-bond acceptors (Lipinski definition) is 1. The van der Waals surface area contributed by atoms with Gasteiger partial charge in [-0.2, -0.15) is 0 Å². The third-order valence-electron chi connectivity index (χ3n) is 6.70. The van der Waals surface area contributed by atoms with Crippen LogP contribution in [-0.2, 0) is 5.41 Å². The lowest BCUT2D eigenvalue weighted by molar-refractivity contribution is 0.145. The van der Waals surface area contributed by atoms with Crippen LogP contribution in [0.25, 0.3) is 0 Å². The molecule has 0 aromatic heterocycles. The molecule has 3 atom stereocenters. The van der Waals surface area contributed by atoms with Crippen LogP contribution in [0.2, 0.25) is 0 Å². The van der Waals surface area contributed by atoms with Crippen LogP contribution in [0.1, 0.15) is 77.7 Å². The van der Waals surface area contributed by atoms with Crippen LogP contribution in [0.5, 0.6) is 0 Å². The Morgan fingerprint density at radius 3 is 1.92 bits per heavy atom. The van der Waals surface area contributed by atoms with Gasteiger partial charge < -0.3 is 4.90 Å². The average Bonchev–Trinajstić information content (AvgIpc) is 3.29. The predicted molar refractivity (Wildman–Crippen MR) is 107 cm³/mol. The predicted octanol–water partition coefficient (Wildman–Crippen LogP) is 6.28. The molecule has 1 nitrogen and oxygen atoms in total. The van der Waals surface area contributed by atoms with Gasteiger partial charge in [-0.25, -0.2) is 0 Å². The normalized spacial score (nSPS) is 25.4. The van der Waals surface area contributed by atoms with Crippen molar-refractivity contribution in [3.05, 3.63) is 35.9 Å². The molecule has 3 rings (SSSR count). The standard InChI is InChI=1S/C18H29N.C5H10/c1-14(19(4)5)16-12-9-13-17(16)18(2,3)15-10-7-6-8-11-15;1-2-4-5-3-1/h6-8,10-11,14,16-17H,9,12-13H2,1-5H3;1-5H2/t14-,16?,17?;/m1./s1. The average molecular weight is 330 g/mol. The van der Waals surface area contributed by atoms with Gasteiger partial charge in [-0.15, -0.1) is 0 Å². The third kappa shape index (κ3) is 4.85. The van der Waals surface area contributed by atoms with Gasteiger partial charge in [-0.05, 0) is 56.7 Å². The molecule has 0 amide bonds. The summed E-state index contributed by atoms with van der Waals surface area (Å²) in [6.45, 7) is 7.27. The highest BCUT2D eigenvalue weighted by Gasteiger charge is 2.42. The second-order valence-corrected chi connectivity index (χ2v) is 8.76. The minimum atomic E-state index is 0.284. The number of rotatable bonds is 4. The lowest BCUT2D eigenvalue weighted by Crippen LogP contribution is -2.41. The Morgan fingerprint density at radius 2 is 1.42 bits per heavy atom. The molecule has 0 heterocycles. The summed E-state index contributed by atoms with van der Waals surface area (Å²) in [7, 11) is 4.44. The van der Waals surface area contributed by atoms with Gasteiger partial charge in [-0.3, -0.25) is 0 Å². The lowest BCUT2D eigenvalue weighted by Gasteiger charge is -2.40. The van der Waals surface area contributed by atoms with E-state index in [1.165, 1.54) is 56.9 Å². The molecule has 2 aliphatic carbocycles. The maximum atomic E-state index is 2.44. The molecule has 1 aromatic rings. The molecule has 2 aliphatic rings. The fraction of sp³-hybridized carbons (Fsp3) is 0.739. The van der Waals surface area contributed by atoms with E-state index in [-0.39, 0.29) is 5.41 Å². The van der Waals surface area contributed by atoms with E-state index in [0.29, 0.717) is 6.04 Å². The molecule has 0 radical (unpaired) electrons. The van der Waals surface area contributed by atoms with Crippen molar-refractivity contribution in [2.45, 2.75) is 83.6 Å². The number of benzene rings is 1. The van der Waals surface area contributed by atoms with Crippen molar-refractivity contribution >= 4 is 0 Å². The molecule has 1 aromatic carbocycles. The van der Waals surface area contributed by atoms with Crippen molar-refractivity contribution in [3.8, 4) is 0 Å². The molecule has 2 unspecified atom stereocenters. The summed E-state index contributed by atoms with van der Waals surface area (Å²) in [5.41, 5.74) is 1.78. The Hall–Kier alpha value is -0.820. The van der Waals surface area contributed by atoms with Gasteiger partial charge in [0.1, 0.15) is 0 Å². The molecule has 0 aliphatic heterocycles. The largest absolute Gasteiger partial charge is 0.306 e. The number of hydrogen-bond donors (Lipinski definition) is 0. The van der Waals surface area contributed by atoms with Crippen LogP contribution < -0.4 is 0 Å². The molecule has 0 saturated heterocycles. The van der Waals surface area contributed by atoms with Gasteiger partial charge in [0.15, 0.2) is 0 Å². The van der Waals surface area contributed by atoms with Crippen molar-refractivity contribution < 1.29 is 0 Å². The summed E-state index contributed by atoms with van der Waals surface area (Å²) in [4.78, 5) is 2.39. The highest BCUT2D eigenvalue weighted by molar-refractivity contribution is 5.25. The van der Waals surface area contributed by atoms with E-state index >= 15 is 0 Å². The van der Waals surface area contributed by atoms with E-state index in [4.69, 9.17) is 0 Å². The van der Waals surface area contributed by atoms with Crippen molar-refractivity contribution in [1.29, 1.82) is 0 Å². The van der Waals surface area contributed by atoms with Crippen molar-refractivity contribution in [3.63, 3.8) is 0 Å². The van der Waals surface area contributed by atoms with Crippen LogP contribution in [0.3, 0.4) is 0 Å². The summed E-state index contributed by atoms with van der Waals surface area (Å²) in [5, 5.41) is 0. The molecular formula is C23H39N.